The molecule has 1 N–H and O–H groups in total. The smallest absolute Gasteiger partial charge is 0.338 e. The maximum atomic E-state index is 12.1. The lowest BCUT2D eigenvalue weighted by Crippen LogP contribution is -2.19. The average Bonchev–Trinajstić information content (AvgIpc) is 2.58. The number of hydrogen-bond acceptors (Lipinski definition) is 5. The molecule has 0 aliphatic carbocycles. The molecule has 3 rings (SSSR count). The second kappa shape index (κ2) is 7.47. The van der Waals surface area contributed by atoms with Gasteiger partial charge in [-0.05, 0) is 36.4 Å². The van der Waals surface area contributed by atoms with Crippen LogP contribution in [0.1, 0.15) is 20.7 Å². The summed E-state index contributed by atoms with van der Waals surface area (Å²) >= 11 is 13.1. The van der Waals surface area contributed by atoms with E-state index in [9.17, 15) is 14.4 Å². The first-order valence-corrected chi connectivity index (χ1v) is 8.90. The number of anilines is 1. The molecule has 5 nitrogen and oxygen atoms in total. The van der Waals surface area contributed by atoms with E-state index in [1.807, 2.05) is 0 Å². The molecular formula is C17H11Cl2NO4S. The van der Waals surface area contributed by atoms with Gasteiger partial charge in [-0.15, -0.1) is 11.8 Å². The van der Waals surface area contributed by atoms with Crippen LogP contribution in [-0.4, -0.2) is 30.0 Å². The molecule has 128 valence electrons. The number of carbonyl (C=O) groups excluding carboxylic acids is 3. The number of esters is 1. The third-order valence-electron chi connectivity index (χ3n) is 3.41. The number of thioether (sulfide) groups is 1. The van der Waals surface area contributed by atoms with Crippen LogP contribution in [0, 0.1) is 0 Å². The monoisotopic (exact) mass is 395 g/mol. The molecule has 1 aliphatic rings. The van der Waals surface area contributed by atoms with Crippen LogP contribution in [0.4, 0.5) is 5.69 Å². The Hall–Kier alpha value is -2.02. The van der Waals surface area contributed by atoms with Crippen molar-refractivity contribution >= 4 is 58.3 Å². The zero-order valence-electron chi connectivity index (χ0n) is 12.7. The molecule has 2 aromatic rings. The summed E-state index contributed by atoms with van der Waals surface area (Å²) < 4.78 is 5.05. The van der Waals surface area contributed by atoms with Gasteiger partial charge in [0.1, 0.15) is 0 Å². The molecule has 0 saturated heterocycles. The number of hydrogen-bond donors (Lipinski definition) is 1. The Bertz CT molecular complexity index is 885. The summed E-state index contributed by atoms with van der Waals surface area (Å²) in [5, 5.41) is 3.30. The molecule has 0 unspecified atom stereocenters. The first kappa shape index (κ1) is 17.8. The molecule has 0 saturated carbocycles. The Labute approximate surface area is 157 Å². The number of amides is 1. The summed E-state index contributed by atoms with van der Waals surface area (Å²) in [6.07, 6.45) is 0. The van der Waals surface area contributed by atoms with E-state index in [4.69, 9.17) is 27.9 Å². The first-order chi connectivity index (χ1) is 11.9. The largest absolute Gasteiger partial charge is 0.454 e. The van der Waals surface area contributed by atoms with E-state index >= 15 is 0 Å². The topological polar surface area (TPSA) is 72.5 Å². The predicted molar refractivity (Wildman–Crippen MR) is 96.9 cm³/mol. The van der Waals surface area contributed by atoms with Crippen molar-refractivity contribution in [3.63, 3.8) is 0 Å². The number of ether oxygens (including phenoxy) is 1. The van der Waals surface area contributed by atoms with Gasteiger partial charge in [0.25, 0.3) is 0 Å². The van der Waals surface area contributed by atoms with Crippen LogP contribution < -0.4 is 5.32 Å². The molecule has 0 aromatic heterocycles. The molecule has 8 heteroatoms. The zero-order chi connectivity index (χ0) is 18.0. The van der Waals surface area contributed by atoms with E-state index in [-0.39, 0.29) is 22.1 Å². The van der Waals surface area contributed by atoms with Crippen LogP contribution >= 0.6 is 35.0 Å². The number of ketones is 1. The second-order valence-corrected chi connectivity index (χ2v) is 7.03. The first-order valence-electron chi connectivity index (χ1n) is 7.16. The quantitative estimate of drug-likeness (QED) is 0.623. The molecule has 0 radical (unpaired) electrons. The van der Waals surface area contributed by atoms with Gasteiger partial charge in [-0.1, -0.05) is 23.2 Å². The molecule has 2 aromatic carbocycles. The molecule has 1 aliphatic heterocycles. The highest BCUT2D eigenvalue weighted by Gasteiger charge is 2.19. The Morgan fingerprint density at radius 1 is 1.16 bits per heavy atom. The van der Waals surface area contributed by atoms with Gasteiger partial charge < -0.3 is 10.1 Å². The Morgan fingerprint density at radius 3 is 2.72 bits per heavy atom. The Kier molecular flexibility index (Phi) is 5.32. The summed E-state index contributed by atoms with van der Waals surface area (Å²) in [7, 11) is 0. The molecule has 1 amide bonds. The van der Waals surface area contributed by atoms with Gasteiger partial charge in [0.2, 0.25) is 11.7 Å². The molecule has 25 heavy (non-hydrogen) atoms. The maximum Gasteiger partial charge on any atom is 0.338 e. The van der Waals surface area contributed by atoms with Gasteiger partial charge in [0, 0.05) is 15.5 Å². The molecule has 0 fully saturated rings. The van der Waals surface area contributed by atoms with E-state index in [0.29, 0.717) is 16.5 Å². The van der Waals surface area contributed by atoms with Crippen molar-refractivity contribution in [2.45, 2.75) is 4.90 Å². The van der Waals surface area contributed by atoms with Crippen LogP contribution in [0.2, 0.25) is 10.0 Å². The summed E-state index contributed by atoms with van der Waals surface area (Å²) in [5.74, 6) is -0.883. The number of Topliss-reactive ketones (excluding diaryl/α,β-unsaturated/α-hetero) is 1. The zero-order valence-corrected chi connectivity index (χ0v) is 15.0. The number of rotatable bonds is 4. The molecule has 0 bridgehead atoms. The molecule has 0 spiro atoms. The van der Waals surface area contributed by atoms with Gasteiger partial charge in [0.15, 0.2) is 6.61 Å². The number of benzene rings is 2. The highest BCUT2D eigenvalue weighted by atomic mass is 35.5. The van der Waals surface area contributed by atoms with Crippen molar-refractivity contribution in [1.29, 1.82) is 0 Å². The Balaban J connectivity index is 1.67. The van der Waals surface area contributed by atoms with Gasteiger partial charge in [-0.3, -0.25) is 9.59 Å². The normalized spacial score (nSPS) is 13.0. The van der Waals surface area contributed by atoms with Crippen LogP contribution in [-0.2, 0) is 9.53 Å². The van der Waals surface area contributed by atoms with Gasteiger partial charge in [-0.2, -0.15) is 0 Å². The van der Waals surface area contributed by atoms with E-state index in [1.54, 1.807) is 12.1 Å². The van der Waals surface area contributed by atoms with Crippen LogP contribution in [0.5, 0.6) is 0 Å². The minimum Gasteiger partial charge on any atom is -0.454 e. The van der Waals surface area contributed by atoms with Crippen molar-refractivity contribution in [1.82, 2.24) is 0 Å². The fourth-order valence-corrected chi connectivity index (χ4v) is 3.52. The number of fused-ring (bicyclic) bond motifs is 1. The average molecular weight is 396 g/mol. The predicted octanol–water partition coefficient (Wildman–Crippen LogP) is 4.08. The second-order valence-electron chi connectivity index (χ2n) is 5.17. The number of nitrogens with one attached hydrogen (secondary N) is 1. The standard InChI is InChI=1S/C17H11Cl2NO4S/c18-10-2-3-11(12(19)6-10)14(21)7-24-17(23)9-1-4-15-13(5-9)20-16(22)8-25-15/h1-6H,7-8H2,(H,20,22). The summed E-state index contributed by atoms with van der Waals surface area (Å²) in [6.45, 7) is -0.446. The van der Waals surface area contributed by atoms with Crippen molar-refractivity contribution in [3.8, 4) is 0 Å². The van der Waals surface area contributed by atoms with E-state index in [0.717, 1.165) is 4.90 Å². The lowest BCUT2D eigenvalue weighted by Gasteiger charge is -2.16. The van der Waals surface area contributed by atoms with Crippen LogP contribution in [0.3, 0.4) is 0 Å². The highest BCUT2D eigenvalue weighted by molar-refractivity contribution is 8.00. The lowest BCUT2D eigenvalue weighted by molar-refractivity contribution is -0.113. The van der Waals surface area contributed by atoms with Crippen molar-refractivity contribution in [2.75, 3.05) is 17.7 Å². The van der Waals surface area contributed by atoms with Crippen LogP contribution in [0.25, 0.3) is 0 Å². The summed E-state index contributed by atoms with van der Waals surface area (Å²) in [5.41, 5.74) is 1.03. The van der Waals surface area contributed by atoms with E-state index in [1.165, 1.54) is 36.0 Å². The summed E-state index contributed by atoms with van der Waals surface area (Å²) in [4.78, 5) is 36.6. The van der Waals surface area contributed by atoms with Crippen LogP contribution in [0.15, 0.2) is 41.3 Å². The lowest BCUT2D eigenvalue weighted by atomic mass is 10.1. The third kappa shape index (κ3) is 4.15. The number of halogens is 2. The SMILES string of the molecule is O=C1CSc2ccc(C(=O)OCC(=O)c3ccc(Cl)cc3Cl)cc2N1. The molecule has 1 heterocycles. The molecular weight excluding hydrogens is 385 g/mol. The highest BCUT2D eigenvalue weighted by Crippen LogP contribution is 2.32. The van der Waals surface area contributed by atoms with Crippen molar-refractivity contribution in [2.24, 2.45) is 0 Å². The fraction of sp³-hybridized carbons (Fsp3) is 0.118. The van der Waals surface area contributed by atoms with E-state index < -0.39 is 18.4 Å². The number of carbonyl (C=O) groups is 3. The Morgan fingerprint density at radius 2 is 1.96 bits per heavy atom. The van der Waals surface area contributed by atoms with Gasteiger partial charge >= 0.3 is 5.97 Å². The minimum atomic E-state index is -0.661. The van der Waals surface area contributed by atoms with E-state index in [2.05, 4.69) is 5.32 Å². The van der Waals surface area contributed by atoms with Crippen molar-refractivity contribution in [3.05, 3.63) is 57.6 Å². The molecule has 0 atom stereocenters. The van der Waals surface area contributed by atoms with Gasteiger partial charge in [0.05, 0.1) is 22.0 Å². The minimum absolute atomic E-state index is 0.129. The van der Waals surface area contributed by atoms with Gasteiger partial charge in [-0.25, -0.2) is 4.79 Å². The third-order valence-corrected chi connectivity index (χ3v) is 5.04. The van der Waals surface area contributed by atoms with Crippen molar-refractivity contribution < 1.29 is 19.1 Å². The fourth-order valence-electron chi connectivity index (χ4n) is 2.22. The summed E-state index contributed by atoms with van der Waals surface area (Å²) in [6, 6.07) is 9.31. The maximum absolute atomic E-state index is 12.1.